The van der Waals surface area contributed by atoms with Crippen LogP contribution in [0.2, 0.25) is 0 Å². The standard InChI is InChI=1S/C10H20N2O3/c1-2-12-9(13)6-15-10(7-11)4-3-5-14-8-10/h2-8,11H2,1H3,(H,12,13). The fraction of sp³-hybridized carbons (Fsp3) is 0.900. The second kappa shape index (κ2) is 6.05. The van der Waals surface area contributed by atoms with Crippen LogP contribution in [0.1, 0.15) is 19.8 Å². The van der Waals surface area contributed by atoms with E-state index in [4.69, 9.17) is 15.2 Å². The second-order valence-electron chi connectivity index (χ2n) is 3.79. The quantitative estimate of drug-likeness (QED) is 0.658. The highest BCUT2D eigenvalue weighted by Crippen LogP contribution is 2.22. The first-order chi connectivity index (χ1) is 7.22. The number of rotatable bonds is 5. The van der Waals surface area contributed by atoms with Crippen LogP contribution in [-0.2, 0) is 14.3 Å². The smallest absolute Gasteiger partial charge is 0.246 e. The average Bonchev–Trinajstić information content (AvgIpc) is 2.28. The molecule has 1 unspecified atom stereocenters. The van der Waals surface area contributed by atoms with Gasteiger partial charge < -0.3 is 20.5 Å². The van der Waals surface area contributed by atoms with Crippen LogP contribution < -0.4 is 11.1 Å². The molecule has 0 radical (unpaired) electrons. The summed E-state index contributed by atoms with van der Waals surface area (Å²) in [7, 11) is 0. The molecule has 5 heteroatoms. The second-order valence-corrected chi connectivity index (χ2v) is 3.79. The van der Waals surface area contributed by atoms with E-state index in [2.05, 4.69) is 5.32 Å². The summed E-state index contributed by atoms with van der Waals surface area (Å²) < 4.78 is 10.9. The van der Waals surface area contributed by atoms with Crippen molar-refractivity contribution in [2.45, 2.75) is 25.4 Å². The largest absolute Gasteiger partial charge is 0.378 e. The summed E-state index contributed by atoms with van der Waals surface area (Å²) in [6.07, 6.45) is 1.80. The van der Waals surface area contributed by atoms with E-state index < -0.39 is 5.60 Å². The number of hydrogen-bond donors (Lipinski definition) is 2. The molecule has 0 spiro atoms. The highest BCUT2D eigenvalue weighted by molar-refractivity contribution is 5.77. The molecule has 1 aliphatic rings. The summed E-state index contributed by atoms with van der Waals surface area (Å²) in [5.74, 6) is -0.101. The first-order valence-electron chi connectivity index (χ1n) is 5.41. The lowest BCUT2D eigenvalue weighted by Crippen LogP contribution is -2.49. The Hall–Kier alpha value is -0.650. The molecule has 1 amide bonds. The van der Waals surface area contributed by atoms with Gasteiger partial charge in [-0.05, 0) is 19.8 Å². The predicted octanol–water partition coefficient (Wildman–Crippen LogP) is -0.353. The van der Waals surface area contributed by atoms with Gasteiger partial charge in [0.2, 0.25) is 5.91 Å². The minimum atomic E-state index is -0.455. The van der Waals surface area contributed by atoms with E-state index in [0.717, 1.165) is 19.4 Å². The van der Waals surface area contributed by atoms with Gasteiger partial charge in [0.1, 0.15) is 12.2 Å². The van der Waals surface area contributed by atoms with Crippen LogP contribution in [0, 0.1) is 0 Å². The lowest BCUT2D eigenvalue weighted by Gasteiger charge is -2.35. The molecule has 1 saturated heterocycles. The van der Waals surface area contributed by atoms with Crippen molar-refractivity contribution >= 4 is 5.91 Å². The molecule has 1 aliphatic heterocycles. The summed E-state index contributed by atoms with van der Waals surface area (Å²) >= 11 is 0. The van der Waals surface area contributed by atoms with Crippen molar-refractivity contribution in [1.82, 2.24) is 5.32 Å². The minimum absolute atomic E-state index is 0.0639. The van der Waals surface area contributed by atoms with Gasteiger partial charge in [0, 0.05) is 19.7 Å². The van der Waals surface area contributed by atoms with Crippen LogP contribution in [0.25, 0.3) is 0 Å². The number of carbonyl (C=O) groups is 1. The van der Waals surface area contributed by atoms with Crippen LogP contribution in [-0.4, -0.2) is 44.4 Å². The van der Waals surface area contributed by atoms with Crippen molar-refractivity contribution < 1.29 is 14.3 Å². The number of nitrogens with two attached hydrogens (primary N) is 1. The molecule has 1 fully saturated rings. The first-order valence-corrected chi connectivity index (χ1v) is 5.41. The third-order valence-corrected chi connectivity index (χ3v) is 2.54. The van der Waals surface area contributed by atoms with Gasteiger partial charge in [0.15, 0.2) is 0 Å². The zero-order valence-electron chi connectivity index (χ0n) is 9.25. The molecule has 15 heavy (non-hydrogen) atoms. The molecule has 1 atom stereocenters. The Bertz CT molecular complexity index is 203. The van der Waals surface area contributed by atoms with Crippen molar-refractivity contribution in [3.05, 3.63) is 0 Å². The fourth-order valence-electron chi connectivity index (χ4n) is 1.63. The third kappa shape index (κ3) is 3.77. The van der Waals surface area contributed by atoms with E-state index in [9.17, 15) is 4.79 Å². The summed E-state index contributed by atoms with van der Waals surface area (Å²) in [5.41, 5.74) is 5.21. The molecule has 0 bridgehead atoms. The topological polar surface area (TPSA) is 73.6 Å². The van der Waals surface area contributed by atoms with Gasteiger partial charge >= 0.3 is 0 Å². The fourth-order valence-corrected chi connectivity index (χ4v) is 1.63. The number of carbonyl (C=O) groups excluding carboxylic acids is 1. The zero-order chi connectivity index (χ0) is 11.1. The molecule has 88 valence electrons. The molecule has 0 aromatic rings. The van der Waals surface area contributed by atoms with Gasteiger partial charge in [0.25, 0.3) is 0 Å². The molecular weight excluding hydrogens is 196 g/mol. The summed E-state index contributed by atoms with van der Waals surface area (Å²) in [6, 6.07) is 0. The Balaban J connectivity index is 2.35. The maximum absolute atomic E-state index is 11.2. The van der Waals surface area contributed by atoms with Gasteiger partial charge in [-0.1, -0.05) is 0 Å². The lowest BCUT2D eigenvalue weighted by atomic mass is 9.97. The molecular formula is C10H20N2O3. The molecule has 1 rings (SSSR count). The molecule has 0 saturated carbocycles. The monoisotopic (exact) mass is 216 g/mol. The van der Waals surface area contributed by atoms with E-state index in [-0.39, 0.29) is 12.5 Å². The average molecular weight is 216 g/mol. The normalized spacial score (nSPS) is 26.3. The van der Waals surface area contributed by atoms with Gasteiger partial charge in [-0.2, -0.15) is 0 Å². The van der Waals surface area contributed by atoms with Crippen LogP contribution in [0.3, 0.4) is 0 Å². The van der Waals surface area contributed by atoms with Crippen LogP contribution in [0.4, 0.5) is 0 Å². The van der Waals surface area contributed by atoms with Crippen molar-refractivity contribution in [2.75, 3.05) is 32.9 Å². The van der Waals surface area contributed by atoms with Crippen molar-refractivity contribution in [3.8, 4) is 0 Å². The summed E-state index contributed by atoms with van der Waals surface area (Å²) in [6.45, 7) is 4.20. The molecule has 0 aliphatic carbocycles. The van der Waals surface area contributed by atoms with E-state index in [1.54, 1.807) is 0 Å². The zero-order valence-corrected chi connectivity index (χ0v) is 9.25. The Kier molecular flexibility index (Phi) is 5.01. The maximum atomic E-state index is 11.2. The van der Waals surface area contributed by atoms with Gasteiger partial charge in [0.05, 0.1) is 6.61 Å². The van der Waals surface area contributed by atoms with Gasteiger partial charge in [-0.15, -0.1) is 0 Å². The third-order valence-electron chi connectivity index (χ3n) is 2.54. The van der Waals surface area contributed by atoms with Crippen molar-refractivity contribution in [1.29, 1.82) is 0 Å². The van der Waals surface area contributed by atoms with Crippen molar-refractivity contribution in [2.24, 2.45) is 5.73 Å². The minimum Gasteiger partial charge on any atom is -0.378 e. The van der Waals surface area contributed by atoms with Crippen LogP contribution in [0.15, 0.2) is 0 Å². The molecule has 0 aromatic carbocycles. The van der Waals surface area contributed by atoms with Gasteiger partial charge in [-0.3, -0.25) is 4.79 Å². The Morgan fingerprint density at radius 3 is 3.00 bits per heavy atom. The Morgan fingerprint density at radius 1 is 1.67 bits per heavy atom. The number of amides is 1. The highest BCUT2D eigenvalue weighted by atomic mass is 16.5. The van der Waals surface area contributed by atoms with Crippen molar-refractivity contribution in [3.63, 3.8) is 0 Å². The maximum Gasteiger partial charge on any atom is 0.246 e. The van der Waals surface area contributed by atoms with E-state index in [0.29, 0.717) is 19.7 Å². The molecule has 0 aromatic heterocycles. The van der Waals surface area contributed by atoms with Crippen LogP contribution >= 0.6 is 0 Å². The summed E-state index contributed by atoms with van der Waals surface area (Å²) in [4.78, 5) is 11.2. The molecule has 1 heterocycles. The highest BCUT2D eigenvalue weighted by Gasteiger charge is 2.33. The number of nitrogens with one attached hydrogen (secondary N) is 1. The SMILES string of the molecule is CCNC(=O)COC1(CN)CCCOC1. The van der Waals surface area contributed by atoms with Crippen LogP contribution in [0.5, 0.6) is 0 Å². The number of ether oxygens (including phenoxy) is 2. The van der Waals surface area contributed by atoms with E-state index in [1.165, 1.54) is 0 Å². The van der Waals surface area contributed by atoms with E-state index in [1.807, 2.05) is 6.92 Å². The van der Waals surface area contributed by atoms with Gasteiger partial charge in [-0.25, -0.2) is 0 Å². The number of likely N-dealkylation sites (N-methyl/N-ethyl adjacent to an activating group) is 1. The predicted molar refractivity (Wildman–Crippen MR) is 56.5 cm³/mol. The Labute approximate surface area is 90.3 Å². The number of hydrogen-bond acceptors (Lipinski definition) is 4. The first kappa shape index (κ1) is 12.4. The Morgan fingerprint density at radius 2 is 2.47 bits per heavy atom. The molecule has 3 N–H and O–H groups in total. The molecule has 5 nitrogen and oxygen atoms in total. The lowest BCUT2D eigenvalue weighted by molar-refractivity contribution is -0.147. The summed E-state index contributed by atoms with van der Waals surface area (Å²) in [5, 5.41) is 2.68. The van der Waals surface area contributed by atoms with E-state index >= 15 is 0 Å².